The van der Waals surface area contributed by atoms with Crippen LogP contribution in [0.25, 0.3) is 0 Å². The molecule has 0 unspecified atom stereocenters. The van der Waals surface area contributed by atoms with Crippen molar-refractivity contribution in [3.63, 3.8) is 0 Å². The topological polar surface area (TPSA) is 102 Å². The molecule has 2 rings (SSSR count). The smallest absolute Gasteiger partial charge is 0.248 e. The van der Waals surface area contributed by atoms with Crippen molar-refractivity contribution in [1.82, 2.24) is 0 Å². The van der Waals surface area contributed by atoms with Crippen LogP contribution in [-0.4, -0.2) is 28.1 Å². The van der Waals surface area contributed by atoms with Gasteiger partial charge >= 0.3 is 0 Å². The van der Waals surface area contributed by atoms with E-state index in [1.807, 2.05) is 0 Å². The van der Waals surface area contributed by atoms with Crippen molar-refractivity contribution in [3.8, 4) is 5.75 Å². The number of nitro groups is 1. The van der Waals surface area contributed by atoms with Crippen LogP contribution in [0.5, 0.6) is 5.75 Å². The van der Waals surface area contributed by atoms with Crippen molar-refractivity contribution in [2.75, 3.05) is 11.9 Å². The van der Waals surface area contributed by atoms with Crippen LogP contribution in [-0.2, 0) is 37.5 Å². The largest absolute Gasteiger partial charge is 0.490 e. The number of carbonyl (C=O) groups is 1. The standard InChI is InChI=1S/C16H14FN2O5.Y/c1-16(21,10-24-14-8-2-11(17)3-9-14)15(20)18-12-4-6-13(7-5-12)19(22)23;/h2-6,8-9,21H,10H2,1H3,(H,18,20);/q-1;/t16-;/m0./s1. The Hall–Kier alpha value is -1.90. The number of nitro benzene ring substituents is 1. The number of non-ortho nitro benzene ring substituents is 1. The van der Waals surface area contributed by atoms with Gasteiger partial charge in [-0.1, -0.05) is 17.8 Å². The molecule has 0 aliphatic rings. The first kappa shape index (κ1) is 21.1. The van der Waals surface area contributed by atoms with Gasteiger partial charge < -0.3 is 15.2 Å². The third kappa shape index (κ3) is 6.15. The van der Waals surface area contributed by atoms with Crippen LogP contribution in [0.2, 0.25) is 0 Å². The number of carbonyl (C=O) groups excluding carboxylic acids is 1. The number of aliphatic hydroxyl groups is 1. The van der Waals surface area contributed by atoms with Gasteiger partial charge in [0.15, 0.2) is 11.3 Å². The van der Waals surface area contributed by atoms with E-state index < -0.39 is 22.2 Å². The summed E-state index contributed by atoms with van der Waals surface area (Å²) in [5, 5.41) is 23.1. The van der Waals surface area contributed by atoms with Crippen LogP contribution in [0.3, 0.4) is 0 Å². The zero-order chi connectivity index (χ0) is 17.7. The van der Waals surface area contributed by atoms with Crippen LogP contribution in [0.15, 0.2) is 42.5 Å². The van der Waals surface area contributed by atoms with E-state index in [-0.39, 0.29) is 50.7 Å². The van der Waals surface area contributed by atoms with Gasteiger partial charge in [-0.15, -0.1) is 12.1 Å². The number of halogens is 1. The number of nitrogens with zero attached hydrogens (tertiary/aromatic N) is 1. The van der Waals surface area contributed by atoms with Crippen LogP contribution < -0.4 is 10.1 Å². The molecule has 0 bridgehead atoms. The van der Waals surface area contributed by atoms with Gasteiger partial charge in [0.25, 0.3) is 0 Å². The third-order valence-electron chi connectivity index (χ3n) is 3.07. The average Bonchev–Trinajstić information content (AvgIpc) is 2.55. The minimum Gasteiger partial charge on any atom is -0.490 e. The van der Waals surface area contributed by atoms with Crippen LogP contribution in [0.4, 0.5) is 15.8 Å². The molecule has 2 aromatic rings. The fourth-order valence-corrected chi connectivity index (χ4v) is 1.69. The van der Waals surface area contributed by atoms with Gasteiger partial charge in [-0.25, -0.2) is 4.39 Å². The molecule has 9 heteroatoms. The first-order valence-electron chi connectivity index (χ1n) is 6.86. The van der Waals surface area contributed by atoms with Gasteiger partial charge in [-0.3, -0.25) is 14.9 Å². The van der Waals surface area contributed by atoms with E-state index in [2.05, 4.69) is 11.4 Å². The number of hydrogen-bond donors (Lipinski definition) is 2. The zero-order valence-corrected chi connectivity index (χ0v) is 16.1. The van der Waals surface area contributed by atoms with Gasteiger partial charge in [0, 0.05) is 37.6 Å². The first-order chi connectivity index (χ1) is 11.3. The number of ether oxygens (including phenoxy) is 1. The maximum atomic E-state index is 12.8. The van der Waals surface area contributed by atoms with Crippen molar-refractivity contribution in [1.29, 1.82) is 0 Å². The van der Waals surface area contributed by atoms with Crippen molar-refractivity contribution in [3.05, 3.63) is 64.5 Å². The zero-order valence-electron chi connectivity index (χ0n) is 13.2. The molecule has 1 amide bonds. The summed E-state index contributed by atoms with van der Waals surface area (Å²) in [5.74, 6) is -0.888. The molecule has 7 nitrogen and oxygen atoms in total. The van der Waals surface area contributed by atoms with Crippen molar-refractivity contribution in [2.24, 2.45) is 0 Å². The minimum absolute atomic E-state index is 0. The summed E-state index contributed by atoms with van der Waals surface area (Å²) >= 11 is 0. The van der Waals surface area contributed by atoms with Gasteiger partial charge in [-0.2, -0.15) is 0 Å². The number of hydrogen-bond acceptors (Lipinski definition) is 5. The molecule has 1 atom stereocenters. The molecule has 0 spiro atoms. The van der Waals surface area contributed by atoms with Crippen LogP contribution in [0.1, 0.15) is 6.92 Å². The molecule has 0 saturated carbocycles. The summed E-state index contributed by atoms with van der Waals surface area (Å²) in [4.78, 5) is 22.0. The Morgan fingerprint density at radius 1 is 1.36 bits per heavy atom. The molecule has 0 aliphatic heterocycles. The fourth-order valence-electron chi connectivity index (χ4n) is 1.69. The molecule has 0 heterocycles. The molecule has 2 N–H and O–H groups in total. The van der Waals surface area contributed by atoms with E-state index in [0.717, 1.165) is 0 Å². The molecule has 0 fully saturated rings. The van der Waals surface area contributed by atoms with Crippen LogP contribution >= 0.6 is 0 Å². The Kier molecular flexibility index (Phi) is 7.60. The summed E-state index contributed by atoms with van der Waals surface area (Å²) < 4.78 is 18.1. The van der Waals surface area contributed by atoms with E-state index in [9.17, 15) is 24.4 Å². The Balaban J connectivity index is 0.00000312. The Morgan fingerprint density at radius 2 is 2.00 bits per heavy atom. The first-order valence-corrected chi connectivity index (χ1v) is 6.86. The van der Waals surface area contributed by atoms with Crippen molar-refractivity contribution >= 4 is 17.3 Å². The Labute approximate surface area is 168 Å². The van der Waals surface area contributed by atoms with E-state index >= 15 is 0 Å². The molecular formula is C16H14FN2O5Y-. The average molecular weight is 422 g/mol. The predicted molar refractivity (Wildman–Crippen MR) is 83.1 cm³/mol. The van der Waals surface area contributed by atoms with Gasteiger partial charge in [-0.05, 0) is 31.2 Å². The third-order valence-corrected chi connectivity index (χ3v) is 3.07. The van der Waals surface area contributed by atoms with E-state index in [1.165, 1.54) is 49.4 Å². The molecule has 0 aliphatic carbocycles. The van der Waals surface area contributed by atoms with Gasteiger partial charge in [0.1, 0.15) is 18.2 Å². The summed E-state index contributed by atoms with van der Waals surface area (Å²) in [6, 6.07) is 11.2. The number of benzene rings is 2. The van der Waals surface area contributed by atoms with E-state index in [0.29, 0.717) is 5.75 Å². The predicted octanol–water partition coefficient (Wildman–Crippen LogP) is 2.30. The summed E-state index contributed by atoms with van der Waals surface area (Å²) in [6.45, 7) is 0.891. The van der Waals surface area contributed by atoms with Gasteiger partial charge in [0.2, 0.25) is 5.91 Å². The molecule has 1 radical (unpaired) electrons. The van der Waals surface area contributed by atoms with Crippen LogP contribution in [0, 0.1) is 22.0 Å². The molecule has 0 aromatic heterocycles. The minimum atomic E-state index is -1.86. The summed E-state index contributed by atoms with van der Waals surface area (Å²) in [5.41, 5.74) is -1.86. The summed E-state index contributed by atoms with van der Waals surface area (Å²) in [7, 11) is 0. The second-order valence-electron chi connectivity index (χ2n) is 5.19. The van der Waals surface area contributed by atoms with E-state index in [4.69, 9.17) is 4.74 Å². The fraction of sp³-hybridized carbons (Fsp3) is 0.188. The number of anilines is 1. The quantitative estimate of drug-likeness (QED) is 0.423. The Bertz CT molecular complexity index is 735. The number of rotatable bonds is 6. The van der Waals surface area contributed by atoms with Crippen molar-refractivity contribution in [2.45, 2.75) is 12.5 Å². The monoisotopic (exact) mass is 422 g/mol. The molecular weight excluding hydrogens is 408 g/mol. The molecule has 129 valence electrons. The SMILES string of the molecule is C[C@](O)(COc1ccc(F)cc1)C(=O)Nc1c[c-]c([N+](=O)[O-])cc1.[Y]. The second kappa shape index (κ2) is 8.98. The second-order valence-corrected chi connectivity index (χ2v) is 5.19. The van der Waals surface area contributed by atoms with E-state index in [1.54, 1.807) is 0 Å². The Morgan fingerprint density at radius 3 is 2.52 bits per heavy atom. The molecule has 25 heavy (non-hydrogen) atoms. The van der Waals surface area contributed by atoms with Crippen molar-refractivity contribution < 1.29 is 56.7 Å². The molecule has 2 aromatic carbocycles. The van der Waals surface area contributed by atoms with Gasteiger partial charge in [0.05, 0.1) is 0 Å². The number of amides is 1. The maximum Gasteiger partial charge on any atom is 0.248 e. The summed E-state index contributed by atoms with van der Waals surface area (Å²) in [6.07, 6.45) is 0. The number of nitrogens with one attached hydrogen (secondary N) is 1. The normalized spacial score (nSPS) is 12.4. The maximum absolute atomic E-state index is 12.8. The molecule has 0 saturated heterocycles.